The van der Waals surface area contributed by atoms with Gasteiger partial charge in [-0.2, -0.15) is 0 Å². The fourth-order valence-electron chi connectivity index (χ4n) is 2.71. The second-order valence-electron chi connectivity index (χ2n) is 5.49. The summed E-state index contributed by atoms with van der Waals surface area (Å²) < 4.78 is 0. The third kappa shape index (κ3) is 7.69. The zero-order chi connectivity index (χ0) is 20.1. The topological polar surface area (TPSA) is 29.0 Å². The molecule has 3 aromatic rings. The first-order chi connectivity index (χ1) is 13.3. The van der Waals surface area contributed by atoms with Crippen LogP contribution < -0.4 is 0 Å². The van der Waals surface area contributed by atoms with Crippen LogP contribution in [0.4, 0.5) is 0 Å². The fraction of sp³-hybridized carbons (Fsp3) is 0.333. The van der Waals surface area contributed by atoms with Crippen LogP contribution in [0.5, 0.6) is 0 Å². The van der Waals surface area contributed by atoms with Crippen molar-refractivity contribution in [2.75, 3.05) is 19.6 Å². The number of nitrogens with zero attached hydrogens (tertiary/aromatic N) is 3. The molecule has 3 nitrogen and oxygen atoms in total. The number of para-hydroxylation sites is 1. The Hall–Kier alpha value is -1.16. The Balaban J connectivity index is 0.00000137. The predicted molar refractivity (Wildman–Crippen MR) is 119 cm³/mol. The van der Waals surface area contributed by atoms with E-state index in [4.69, 9.17) is 4.98 Å². The van der Waals surface area contributed by atoms with Crippen LogP contribution in [0.15, 0.2) is 54.7 Å². The van der Waals surface area contributed by atoms with Gasteiger partial charge in [-0.05, 0) is 42.8 Å². The number of rotatable bonds is 6. The Labute approximate surface area is 196 Å². The van der Waals surface area contributed by atoms with Crippen LogP contribution in [0.25, 0.3) is 22.3 Å². The molecule has 0 aliphatic heterocycles. The van der Waals surface area contributed by atoms with Gasteiger partial charge in [0, 0.05) is 44.3 Å². The van der Waals surface area contributed by atoms with Crippen molar-refractivity contribution in [3.63, 3.8) is 0 Å². The second kappa shape index (κ2) is 15.7. The van der Waals surface area contributed by atoms with Gasteiger partial charge < -0.3 is 18.7 Å². The molecule has 28 heavy (non-hydrogen) atoms. The summed E-state index contributed by atoms with van der Waals surface area (Å²) >= 11 is 0. The van der Waals surface area contributed by atoms with Gasteiger partial charge in [0.1, 0.15) is 0 Å². The molecule has 0 N–H and O–H groups in total. The standard InChI is InChI=1S/C20H21N3.2C2H6.Y/c1-3-23(4-2)14-12-16-15-20(19-11-7-8-13-21-19)22-18-10-6-5-9-17(16)18;2*1-2;/h5-11,13,15H,1-4,12,14H2;2*1-2H3;/q-2;;;. The van der Waals surface area contributed by atoms with E-state index in [-0.39, 0.29) is 32.7 Å². The van der Waals surface area contributed by atoms with Crippen molar-refractivity contribution in [1.29, 1.82) is 0 Å². The molecule has 0 saturated carbocycles. The Morgan fingerprint density at radius 1 is 0.857 bits per heavy atom. The molecule has 0 atom stereocenters. The van der Waals surface area contributed by atoms with E-state index in [2.05, 4.69) is 48.0 Å². The van der Waals surface area contributed by atoms with Crippen LogP contribution in [0.2, 0.25) is 0 Å². The first-order valence-corrected chi connectivity index (χ1v) is 9.92. The van der Waals surface area contributed by atoms with Crippen molar-refractivity contribution in [3.05, 3.63) is 74.1 Å². The third-order valence-corrected chi connectivity index (χ3v) is 4.06. The van der Waals surface area contributed by atoms with Gasteiger partial charge in [0.15, 0.2) is 0 Å². The molecule has 149 valence electrons. The number of hydrogen-bond acceptors (Lipinski definition) is 3. The normalized spacial score (nSPS) is 9.68. The molecule has 3 rings (SSSR count). The molecule has 0 saturated heterocycles. The van der Waals surface area contributed by atoms with Crippen molar-refractivity contribution in [1.82, 2.24) is 14.9 Å². The summed E-state index contributed by atoms with van der Waals surface area (Å²) in [6.45, 7) is 18.4. The van der Waals surface area contributed by atoms with E-state index in [0.29, 0.717) is 0 Å². The van der Waals surface area contributed by atoms with Gasteiger partial charge in [-0.25, -0.2) is 4.98 Å². The summed E-state index contributed by atoms with van der Waals surface area (Å²) in [5, 5.41) is 1.21. The minimum Gasteiger partial charge on any atom is -0.362 e. The molecule has 0 fully saturated rings. The molecule has 2 heterocycles. The molecule has 1 radical (unpaired) electrons. The van der Waals surface area contributed by atoms with Crippen LogP contribution in [-0.2, 0) is 39.1 Å². The van der Waals surface area contributed by atoms with Crippen LogP contribution in [0.3, 0.4) is 0 Å². The van der Waals surface area contributed by atoms with E-state index in [1.165, 1.54) is 10.9 Å². The number of pyridine rings is 2. The summed E-state index contributed by atoms with van der Waals surface area (Å²) in [6.07, 6.45) is 2.76. The zero-order valence-corrected chi connectivity index (χ0v) is 20.7. The molecule has 1 aromatic carbocycles. The van der Waals surface area contributed by atoms with Crippen molar-refractivity contribution < 1.29 is 32.7 Å². The fourth-order valence-corrected chi connectivity index (χ4v) is 2.71. The van der Waals surface area contributed by atoms with Gasteiger partial charge >= 0.3 is 0 Å². The van der Waals surface area contributed by atoms with E-state index in [1.54, 1.807) is 6.20 Å². The van der Waals surface area contributed by atoms with Gasteiger partial charge in [0.25, 0.3) is 0 Å². The van der Waals surface area contributed by atoms with Gasteiger partial charge in [-0.3, -0.25) is 4.98 Å². The summed E-state index contributed by atoms with van der Waals surface area (Å²) in [5.41, 5.74) is 4.14. The molecule has 0 spiro atoms. The minimum atomic E-state index is 0. The maximum absolute atomic E-state index is 4.77. The van der Waals surface area contributed by atoms with Crippen molar-refractivity contribution in [3.8, 4) is 11.4 Å². The number of fused-ring (bicyclic) bond motifs is 1. The average molecular weight is 452 g/mol. The average Bonchev–Trinajstić information content (AvgIpc) is 2.77. The smallest absolute Gasteiger partial charge is 0.0896 e. The summed E-state index contributed by atoms with van der Waals surface area (Å²) in [6, 6.07) is 16.4. The van der Waals surface area contributed by atoms with Crippen LogP contribution in [-0.4, -0.2) is 34.5 Å². The largest absolute Gasteiger partial charge is 0.362 e. The van der Waals surface area contributed by atoms with E-state index < -0.39 is 0 Å². The van der Waals surface area contributed by atoms with E-state index in [9.17, 15) is 0 Å². The maximum Gasteiger partial charge on any atom is 0.0896 e. The first-order valence-electron chi connectivity index (χ1n) is 9.92. The van der Waals surface area contributed by atoms with Crippen LogP contribution in [0.1, 0.15) is 33.3 Å². The monoisotopic (exact) mass is 452 g/mol. The predicted octanol–water partition coefficient (Wildman–Crippen LogP) is 5.86. The molecule has 4 heteroatoms. The van der Waals surface area contributed by atoms with E-state index >= 15 is 0 Å². The summed E-state index contributed by atoms with van der Waals surface area (Å²) in [7, 11) is 0. The molecular formula is C24H33N3Y-2. The van der Waals surface area contributed by atoms with Crippen LogP contribution in [0, 0.1) is 13.8 Å². The van der Waals surface area contributed by atoms with Crippen molar-refractivity contribution in [2.45, 2.75) is 34.1 Å². The third-order valence-electron chi connectivity index (χ3n) is 4.06. The quantitative estimate of drug-likeness (QED) is 0.439. The van der Waals surface area contributed by atoms with E-state index in [0.717, 1.165) is 43.0 Å². The maximum atomic E-state index is 4.77. The zero-order valence-electron chi connectivity index (χ0n) is 17.9. The van der Waals surface area contributed by atoms with Gasteiger partial charge in [-0.1, -0.05) is 52.0 Å². The molecule has 0 amide bonds. The van der Waals surface area contributed by atoms with Crippen molar-refractivity contribution >= 4 is 10.9 Å². The molecule has 0 bridgehead atoms. The molecular weight excluding hydrogens is 419 g/mol. The molecule has 2 aromatic heterocycles. The Morgan fingerprint density at radius 3 is 2.11 bits per heavy atom. The first kappa shape index (κ1) is 26.8. The SMILES string of the molecule is CC.CC.[CH2-]CN(C[CH2-])CCc1cc(-c2ccccn2)nc2ccccc12.[Y]. The molecule has 0 unspecified atom stereocenters. The summed E-state index contributed by atoms with van der Waals surface area (Å²) in [4.78, 5) is 11.4. The van der Waals surface area contributed by atoms with Crippen LogP contribution >= 0.6 is 0 Å². The molecule has 0 aliphatic rings. The summed E-state index contributed by atoms with van der Waals surface area (Å²) in [5.74, 6) is 0. The Kier molecular flexibility index (Phi) is 15.1. The second-order valence-corrected chi connectivity index (χ2v) is 5.49. The number of benzene rings is 1. The van der Waals surface area contributed by atoms with E-state index in [1.807, 2.05) is 52.0 Å². The number of hydrogen-bond donors (Lipinski definition) is 0. The van der Waals surface area contributed by atoms with Gasteiger partial charge in [-0.15, -0.1) is 13.1 Å². The van der Waals surface area contributed by atoms with Gasteiger partial charge in [0.05, 0.1) is 16.9 Å². The van der Waals surface area contributed by atoms with Crippen molar-refractivity contribution in [2.24, 2.45) is 0 Å². The van der Waals surface area contributed by atoms with Gasteiger partial charge in [0.2, 0.25) is 0 Å². The number of aromatic nitrogens is 2. The minimum absolute atomic E-state index is 0. The Bertz CT molecular complexity index is 771. The molecule has 0 aliphatic carbocycles. The Morgan fingerprint density at radius 2 is 1.50 bits per heavy atom.